The first kappa shape index (κ1) is 25.3. The van der Waals surface area contributed by atoms with Crippen LogP contribution in [0.4, 0.5) is 5.69 Å². The second kappa shape index (κ2) is 11.3. The van der Waals surface area contributed by atoms with Crippen LogP contribution in [0.2, 0.25) is 5.02 Å². The zero-order valence-corrected chi connectivity index (χ0v) is 21.2. The monoisotopic (exact) mass is 522 g/mol. The average Bonchev–Trinajstić information content (AvgIpc) is 3.12. The van der Waals surface area contributed by atoms with Crippen LogP contribution in [0, 0.1) is 0 Å². The summed E-state index contributed by atoms with van der Waals surface area (Å²) in [6.45, 7) is 2.64. The number of thioether (sulfide) groups is 1. The number of carboxylic acid groups (broad SMARTS) is 1. The lowest BCUT2D eigenvalue weighted by Crippen LogP contribution is -2.23. The van der Waals surface area contributed by atoms with Gasteiger partial charge in [0.15, 0.2) is 16.7 Å². The molecule has 0 aromatic heterocycles. The van der Waals surface area contributed by atoms with Crippen LogP contribution in [0.3, 0.4) is 0 Å². The molecule has 0 aliphatic carbocycles. The molecular formula is C27H23ClN2O5S. The molecule has 1 aliphatic heterocycles. The van der Waals surface area contributed by atoms with Crippen LogP contribution in [-0.4, -0.2) is 40.7 Å². The second-order valence-electron chi connectivity index (χ2n) is 7.74. The summed E-state index contributed by atoms with van der Waals surface area (Å²) >= 11 is 7.47. The molecule has 36 heavy (non-hydrogen) atoms. The Hall–Kier alpha value is -3.75. The van der Waals surface area contributed by atoms with E-state index in [0.29, 0.717) is 45.5 Å². The molecule has 0 saturated carbocycles. The molecular weight excluding hydrogens is 500 g/mol. The summed E-state index contributed by atoms with van der Waals surface area (Å²) in [6.07, 6.45) is 1.78. The zero-order valence-electron chi connectivity index (χ0n) is 19.6. The number of carbonyl (C=O) groups excluding carboxylic acids is 1. The van der Waals surface area contributed by atoms with E-state index in [4.69, 9.17) is 26.2 Å². The molecule has 1 fully saturated rings. The van der Waals surface area contributed by atoms with E-state index in [1.54, 1.807) is 31.3 Å². The maximum absolute atomic E-state index is 12.8. The molecule has 1 heterocycles. The van der Waals surface area contributed by atoms with Gasteiger partial charge in [-0.05, 0) is 72.8 Å². The first-order chi connectivity index (χ1) is 17.4. The van der Waals surface area contributed by atoms with Gasteiger partial charge in [0.2, 0.25) is 0 Å². The van der Waals surface area contributed by atoms with Gasteiger partial charge in [-0.25, -0.2) is 9.79 Å². The van der Waals surface area contributed by atoms with Crippen LogP contribution in [0.25, 0.3) is 6.08 Å². The van der Waals surface area contributed by atoms with Crippen LogP contribution in [0.5, 0.6) is 11.5 Å². The smallest absolute Gasteiger partial charge is 0.335 e. The molecule has 3 aromatic rings. The first-order valence-corrected chi connectivity index (χ1v) is 12.3. The second-order valence-corrected chi connectivity index (χ2v) is 9.16. The molecule has 0 spiro atoms. The first-order valence-electron chi connectivity index (χ1n) is 11.1. The Morgan fingerprint density at radius 3 is 2.53 bits per heavy atom. The van der Waals surface area contributed by atoms with Gasteiger partial charge in [-0.15, -0.1) is 0 Å². The van der Waals surface area contributed by atoms with Gasteiger partial charge >= 0.3 is 5.97 Å². The van der Waals surface area contributed by atoms with Gasteiger partial charge in [0, 0.05) is 17.6 Å². The Labute approximate surface area is 218 Å². The minimum absolute atomic E-state index is 0.174. The molecule has 3 aromatic carbocycles. The number of amides is 1. The van der Waals surface area contributed by atoms with Crippen molar-refractivity contribution in [2.24, 2.45) is 4.99 Å². The van der Waals surface area contributed by atoms with Crippen LogP contribution < -0.4 is 9.47 Å². The lowest BCUT2D eigenvalue weighted by Gasteiger charge is -2.13. The summed E-state index contributed by atoms with van der Waals surface area (Å²) in [6, 6.07) is 19.1. The number of ether oxygens (including phenoxy) is 2. The molecule has 9 heteroatoms. The van der Waals surface area contributed by atoms with Crippen molar-refractivity contribution in [3.8, 4) is 11.5 Å². The van der Waals surface area contributed by atoms with Crippen molar-refractivity contribution < 1.29 is 24.2 Å². The van der Waals surface area contributed by atoms with Crippen molar-refractivity contribution in [2.75, 3.05) is 13.7 Å². The molecule has 0 radical (unpaired) electrons. The Balaban J connectivity index is 1.53. The summed E-state index contributed by atoms with van der Waals surface area (Å²) in [4.78, 5) is 30.3. The van der Waals surface area contributed by atoms with Gasteiger partial charge in [-0.1, -0.05) is 35.9 Å². The minimum atomic E-state index is -1.01. The van der Waals surface area contributed by atoms with Crippen molar-refractivity contribution in [1.29, 1.82) is 0 Å². The van der Waals surface area contributed by atoms with E-state index in [0.717, 1.165) is 11.1 Å². The topological polar surface area (TPSA) is 88.4 Å². The fourth-order valence-corrected chi connectivity index (χ4v) is 4.54. The average molecular weight is 523 g/mol. The SMILES string of the molecule is CCOc1cc(/C=C2\SC(=Nc3ccc(C(=O)O)cc3)N(C)C2=O)ccc1OCc1ccccc1Cl. The van der Waals surface area contributed by atoms with E-state index in [1.165, 1.54) is 28.8 Å². The number of carboxylic acids is 1. The van der Waals surface area contributed by atoms with Gasteiger partial charge in [0.25, 0.3) is 5.91 Å². The Bertz CT molecular complexity index is 1350. The number of hydrogen-bond donors (Lipinski definition) is 1. The van der Waals surface area contributed by atoms with E-state index < -0.39 is 5.97 Å². The third-order valence-corrected chi connectivity index (χ3v) is 6.68. The van der Waals surface area contributed by atoms with E-state index in [1.807, 2.05) is 43.3 Å². The van der Waals surface area contributed by atoms with E-state index >= 15 is 0 Å². The molecule has 184 valence electrons. The maximum Gasteiger partial charge on any atom is 0.335 e. The third kappa shape index (κ3) is 5.90. The molecule has 1 aliphatic rings. The predicted molar refractivity (Wildman–Crippen MR) is 142 cm³/mol. The largest absolute Gasteiger partial charge is 0.490 e. The number of hydrogen-bond acceptors (Lipinski definition) is 6. The van der Waals surface area contributed by atoms with E-state index in [2.05, 4.69) is 4.99 Å². The number of carbonyl (C=O) groups is 2. The van der Waals surface area contributed by atoms with Gasteiger partial charge in [-0.3, -0.25) is 9.69 Å². The van der Waals surface area contributed by atoms with Crippen molar-refractivity contribution >= 4 is 52.2 Å². The van der Waals surface area contributed by atoms with Crippen LogP contribution in [0.1, 0.15) is 28.4 Å². The van der Waals surface area contributed by atoms with Crippen LogP contribution >= 0.6 is 23.4 Å². The predicted octanol–water partition coefficient (Wildman–Crippen LogP) is 6.25. The highest BCUT2D eigenvalue weighted by Crippen LogP contribution is 2.35. The van der Waals surface area contributed by atoms with Gasteiger partial charge in [-0.2, -0.15) is 0 Å². The summed E-state index contributed by atoms with van der Waals surface area (Å²) in [5.41, 5.74) is 2.38. The maximum atomic E-state index is 12.8. The summed E-state index contributed by atoms with van der Waals surface area (Å²) in [7, 11) is 1.65. The summed E-state index contributed by atoms with van der Waals surface area (Å²) < 4.78 is 11.7. The number of aromatic carboxylic acids is 1. The minimum Gasteiger partial charge on any atom is -0.490 e. The molecule has 1 amide bonds. The number of halogens is 1. The van der Waals surface area contributed by atoms with Gasteiger partial charge in [0.05, 0.1) is 22.8 Å². The van der Waals surface area contributed by atoms with Crippen molar-refractivity contribution in [3.63, 3.8) is 0 Å². The van der Waals surface area contributed by atoms with Crippen LogP contribution in [-0.2, 0) is 11.4 Å². The fourth-order valence-electron chi connectivity index (χ4n) is 3.36. The number of amidine groups is 1. The quantitative estimate of drug-likeness (QED) is 0.352. The Kier molecular flexibility index (Phi) is 7.97. The number of rotatable bonds is 8. The summed E-state index contributed by atoms with van der Waals surface area (Å²) in [5.74, 6) is -0.0461. The number of nitrogens with zero attached hydrogens (tertiary/aromatic N) is 2. The number of likely N-dealkylation sites (N-methyl/N-ethyl adjacent to an activating group) is 1. The normalized spacial score (nSPS) is 15.5. The van der Waals surface area contributed by atoms with E-state index in [-0.39, 0.29) is 11.5 Å². The van der Waals surface area contributed by atoms with Crippen molar-refractivity contribution in [2.45, 2.75) is 13.5 Å². The molecule has 4 rings (SSSR count). The molecule has 1 N–H and O–H groups in total. The molecule has 0 unspecified atom stereocenters. The van der Waals surface area contributed by atoms with Gasteiger partial charge < -0.3 is 14.6 Å². The number of benzene rings is 3. The number of aliphatic imine (C=N–C) groups is 1. The highest BCUT2D eigenvalue weighted by molar-refractivity contribution is 8.18. The molecule has 0 bridgehead atoms. The lowest BCUT2D eigenvalue weighted by molar-refractivity contribution is -0.121. The highest BCUT2D eigenvalue weighted by Gasteiger charge is 2.30. The Morgan fingerprint density at radius 2 is 1.83 bits per heavy atom. The highest BCUT2D eigenvalue weighted by atomic mass is 35.5. The zero-order chi connectivity index (χ0) is 25.7. The third-order valence-electron chi connectivity index (χ3n) is 5.25. The van der Waals surface area contributed by atoms with Crippen molar-refractivity contribution in [3.05, 3.63) is 93.3 Å². The standard InChI is InChI=1S/C27H23ClN2O5S/c1-3-34-23-14-17(8-13-22(23)35-16-19-6-4-5-7-21(19)28)15-24-25(31)30(2)27(36-24)29-20-11-9-18(10-12-20)26(32)33/h4-15H,3,16H2,1-2H3,(H,32,33)/b24-15-,29-27?. The molecule has 1 saturated heterocycles. The molecule has 7 nitrogen and oxygen atoms in total. The Morgan fingerprint density at radius 1 is 1.08 bits per heavy atom. The fraction of sp³-hybridized carbons (Fsp3) is 0.148. The van der Waals surface area contributed by atoms with Crippen LogP contribution in [0.15, 0.2) is 76.6 Å². The lowest BCUT2D eigenvalue weighted by atomic mass is 10.1. The van der Waals surface area contributed by atoms with Gasteiger partial charge in [0.1, 0.15) is 6.61 Å². The molecule has 0 atom stereocenters. The summed E-state index contributed by atoms with van der Waals surface area (Å²) in [5, 5.41) is 10.2. The van der Waals surface area contributed by atoms with E-state index in [9.17, 15) is 9.59 Å². The van der Waals surface area contributed by atoms with Crippen molar-refractivity contribution in [1.82, 2.24) is 4.90 Å².